The Morgan fingerprint density at radius 2 is 2.24 bits per heavy atom. The summed E-state index contributed by atoms with van der Waals surface area (Å²) in [6, 6.07) is 0. The molecule has 6 heteroatoms. The van der Waals surface area contributed by atoms with Gasteiger partial charge in [-0.25, -0.2) is 18.1 Å². The van der Waals surface area contributed by atoms with Crippen LogP contribution in [0.15, 0.2) is 5.03 Å². The van der Waals surface area contributed by atoms with Gasteiger partial charge in [-0.15, -0.1) is 0 Å². The number of hydrogen-bond donors (Lipinski definition) is 1. The topological polar surface area (TPSA) is 64.0 Å². The first-order chi connectivity index (χ1) is 7.99. The van der Waals surface area contributed by atoms with Crippen LogP contribution in [0.3, 0.4) is 0 Å². The Morgan fingerprint density at radius 3 is 2.82 bits per heavy atom. The predicted molar refractivity (Wildman–Crippen MR) is 65.3 cm³/mol. The van der Waals surface area contributed by atoms with Crippen molar-refractivity contribution in [2.45, 2.75) is 44.7 Å². The number of nitrogens with zero attached hydrogens (tertiary/aromatic N) is 2. The van der Waals surface area contributed by atoms with Crippen molar-refractivity contribution in [3.8, 4) is 0 Å². The van der Waals surface area contributed by atoms with Crippen molar-refractivity contribution >= 4 is 10.0 Å². The Balaban J connectivity index is 2.58. The van der Waals surface area contributed by atoms with Gasteiger partial charge in [0, 0.05) is 13.0 Å². The molecule has 0 bridgehead atoms. The van der Waals surface area contributed by atoms with Gasteiger partial charge in [0.2, 0.25) is 0 Å². The molecule has 1 aromatic rings. The molecule has 1 unspecified atom stereocenters. The number of fused-ring (bicyclic) bond motifs is 1. The standard InChI is InChI=1S/C11H19N3O2S/c1-4-10-13-11(17(15,16)12-3)9-7-8(2)5-6-14(9)10/h8,12H,4-7H2,1-3H3. The Hall–Kier alpha value is -0.880. The maximum atomic E-state index is 11.9. The highest BCUT2D eigenvalue weighted by Crippen LogP contribution is 2.27. The molecule has 1 atom stereocenters. The minimum atomic E-state index is -3.43. The quantitative estimate of drug-likeness (QED) is 0.876. The van der Waals surface area contributed by atoms with Crippen molar-refractivity contribution in [1.82, 2.24) is 14.3 Å². The molecule has 2 rings (SSSR count). The molecule has 0 aromatic carbocycles. The van der Waals surface area contributed by atoms with E-state index in [-0.39, 0.29) is 5.03 Å². The summed E-state index contributed by atoms with van der Waals surface area (Å²) in [5.74, 6) is 1.40. The van der Waals surface area contributed by atoms with Crippen LogP contribution in [-0.4, -0.2) is 25.0 Å². The van der Waals surface area contributed by atoms with E-state index < -0.39 is 10.0 Å². The number of hydrogen-bond acceptors (Lipinski definition) is 3. The highest BCUT2D eigenvalue weighted by Gasteiger charge is 2.28. The predicted octanol–water partition coefficient (Wildman–Crippen LogP) is 0.936. The Morgan fingerprint density at radius 1 is 1.53 bits per heavy atom. The first-order valence-electron chi connectivity index (χ1n) is 6.01. The van der Waals surface area contributed by atoms with Gasteiger partial charge >= 0.3 is 0 Å². The molecular weight excluding hydrogens is 238 g/mol. The summed E-state index contributed by atoms with van der Waals surface area (Å²) < 4.78 is 28.3. The molecule has 1 aliphatic heterocycles. The van der Waals surface area contributed by atoms with Gasteiger partial charge in [0.05, 0.1) is 5.69 Å². The van der Waals surface area contributed by atoms with Crippen LogP contribution in [0.2, 0.25) is 0 Å². The maximum Gasteiger partial charge on any atom is 0.259 e. The third-order valence-corrected chi connectivity index (χ3v) is 4.72. The van der Waals surface area contributed by atoms with Crippen molar-refractivity contribution in [3.63, 3.8) is 0 Å². The molecule has 2 heterocycles. The average molecular weight is 257 g/mol. The van der Waals surface area contributed by atoms with Gasteiger partial charge in [0.1, 0.15) is 5.82 Å². The first-order valence-corrected chi connectivity index (χ1v) is 7.49. The second-order valence-electron chi connectivity index (χ2n) is 4.59. The molecule has 0 amide bonds. The van der Waals surface area contributed by atoms with E-state index in [4.69, 9.17) is 0 Å². The van der Waals surface area contributed by atoms with Crippen LogP contribution in [0.1, 0.15) is 31.8 Å². The zero-order chi connectivity index (χ0) is 12.6. The van der Waals surface area contributed by atoms with Gasteiger partial charge in [0.15, 0.2) is 5.03 Å². The van der Waals surface area contributed by atoms with E-state index in [1.807, 2.05) is 6.92 Å². The Labute approximate surface area is 102 Å². The van der Waals surface area contributed by atoms with Gasteiger partial charge in [-0.3, -0.25) is 0 Å². The van der Waals surface area contributed by atoms with E-state index in [0.29, 0.717) is 5.92 Å². The molecule has 0 radical (unpaired) electrons. The van der Waals surface area contributed by atoms with E-state index in [2.05, 4.69) is 21.2 Å². The van der Waals surface area contributed by atoms with Crippen molar-refractivity contribution in [1.29, 1.82) is 0 Å². The van der Waals surface area contributed by atoms with Crippen LogP contribution >= 0.6 is 0 Å². The first kappa shape index (κ1) is 12.6. The normalized spacial score (nSPS) is 20.3. The number of rotatable bonds is 3. The molecule has 17 heavy (non-hydrogen) atoms. The zero-order valence-corrected chi connectivity index (χ0v) is 11.3. The lowest BCUT2D eigenvalue weighted by Crippen LogP contribution is -2.24. The fraction of sp³-hybridized carbons (Fsp3) is 0.727. The molecular formula is C11H19N3O2S. The fourth-order valence-electron chi connectivity index (χ4n) is 2.34. The van der Waals surface area contributed by atoms with E-state index >= 15 is 0 Å². The van der Waals surface area contributed by atoms with E-state index in [9.17, 15) is 8.42 Å². The summed E-state index contributed by atoms with van der Waals surface area (Å²) in [4.78, 5) is 4.30. The number of aromatic nitrogens is 2. The van der Waals surface area contributed by atoms with E-state index in [1.165, 1.54) is 7.05 Å². The third kappa shape index (κ3) is 2.11. The zero-order valence-electron chi connectivity index (χ0n) is 10.5. The van der Waals surface area contributed by atoms with Crippen LogP contribution in [0, 0.1) is 5.92 Å². The average Bonchev–Trinajstić information content (AvgIpc) is 2.67. The number of imidazole rings is 1. The van der Waals surface area contributed by atoms with Crippen LogP contribution in [0.25, 0.3) is 0 Å². The summed E-state index contributed by atoms with van der Waals surface area (Å²) >= 11 is 0. The van der Waals surface area contributed by atoms with Gasteiger partial charge in [-0.1, -0.05) is 13.8 Å². The summed E-state index contributed by atoms with van der Waals surface area (Å²) in [6.07, 6.45) is 2.65. The third-order valence-electron chi connectivity index (χ3n) is 3.34. The highest BCUT2D eigenvalue weighted by atomic mass is 32.2. The molecule has 1 aromatic heterocycles. The van der Waals surface area contributed by atoms with Crippen LogP contribution in [0.4, 0.5) is 0 Å². The molecule has 0 aliphatic carbocycles. The Kier molecular flexibility index (Phi) is 3.27. The van der Waals surface area contributed by atoms with Crippen LogP contribution in [0.5, 0.6) is 0 Å². The lowest BCUT2D eigenvalue weighted by atomic mass is 9.98. The molecule has 1 N–H and O–H groups in total. The maximum absolute atomic E-state index is 11.9. The number of sulfonamides is 1. The summed E-state index contributed by atoms with van der Waals surface area (Å²) in [5, 5.41) is 0.225. The van der Waals surface area contributed by atoms with Crippen molar-refractivity contribution < 1.29 is 8.42 Å². The lowest BCUT2D eigenvalue weighted by molar-refractivity contribution is 0.405. The summed E-state index contributed by atoms with van der Waals surface area (Å²) in [6.45, 7) is 5.03. The van der Waals surface area contributed by atoms with Gasteiger partial charge < -0.3 is 4.57 Å². The largest absolute Gasteiger partial charge is 0.331 e. The van der Waals surface area contributed by atoms with Crippen molar-refractivity contribution in [3.05, 3.63) is 11.5 Å². The highest BCUT2D eigenvalue weighted by molar-refractivity contribution is 7.89. The van der Waals surface area contributed by atoms with E-state index in [1.54, 1.807) is 0 Å². The molecule has 1 aliphatic rings. The SMILES string of the molecule is CCc1nc(S(=O)(=O)NC)c2n1CCC(C)C2. The van der Waals surface area contributed by atoms with E-state index in [0.717, 1.165) is 37.3 Å². The fourth-order valence-corrected chi connectivity index (χ4v) is 3.26. The molecule has 96 valence electrons. The summed E-state index contributed by atoms with van der Waals surface area (Å²) in [5.41, 5.74) is 0.870. The van der Waals surface area contributed by atoms with Crippen molar-refractivity contribution in [2.75, 3.05) is 7.05 Å². The number of aryl methyl sites for hydroxylation is 1. The smallest absolute Gasteiger partial charge is 0.259 e. The van der Waals surface area contributed by atoms with Crippen molar-refractivity contribution in [2.24, 2.45) is 5.92 Å². The van der Waals surface area contributed by atoms with Gasteiger partial charge in [-0.05, 0) is 25.8 Å². The van der Waals surface area contributed by atoms with Gasteiger partial charge in [-0.2, -0.15) is 0 Å². The minimum absolute atomic E-state index is 0.225. The molecule has 5 nitrogen and oxygen atoms in total. The molecule has 0 fully saturated rings. The second-order valence-corrected chi connectivity index (χ2v) is 6.39. The van der Waals surface area contributed by atoms with Crippen LogP contribution in [-0.2, 0) is 29.4 Å². The summed E-state index contributed by atoms with van der Waals surface area (Å²) in [7, 11) is -2.00. The second kappa shape index (κ2) is 4.42. The molecule has 0 saturated heterocycles. The monoisotopic (exact) mass is 257 g/mol. The lowest BCUT2D eigenvalue weighted by Gasteiger charge is -2.22. The molecule has 0 spiro atoms. The Bertz CT molecular complexity index is 519. The number of nitrogens with one attached hydrogen (secondary N) is 1. The minimum Gasteiger partial charge on any atom is -0.331 e. The van der Waals surface area contributed by atoms with Crippen LogP contribution < -0.4 is 4.72 Å². The van der Waals surface area contributed by atoms with Gasteiger partial charge in [0.25, 0.3) is 10.0 Å². The molecule has 0 saturated carbocycles.